The Labute approximate surface area is 151 Å². The van der Waals surface area contributed by atoms with E-state index in [1.165, 1.54) is 21.8 Å². The standard InChI is InChI=1S/C16H17N3O6S/c1-9-4-13(20)11(12(9)7-19(23)24)6-15(22)25-8-10-5-14(21)18-2-3-26-16(18)17-10/h2-3,5,9,11-12H,4,6-8H2,1H3/t9-,11+,12-/m1/s1. The van der Waals surface area contributed by atoms with Crippen molar-refractivity contribution in [2.45, 2.75) is 26.4 Å². The quantitative estimate of drug-likeness (QED) is 0.421. The van der Waals surface area contributed by atoms with E-state index >= 15 is 0 Å². The molecule has 0 aromatic carbocycles. The molecule has 0 N–H and O–H groups in total. The van der Waals surface area contributed by atoms with Gasteiger partial charge in [-0.3, -0.25) is 28.9 Å². The number of hydrogen-bond donors (Lipinski definition) is 0. The topological polar surface area (TPSA) is 121 Å². The Morgan fingerprint density at radius 1 is 1.50 bits per heavy atom. The van der Waals surface area contributed by atoms with E-state index in [2.05, 4.69) is 4.98 Å². The molecule has 9 nitrogen and oxygen atoms in total. The maximum Gasteiger partial charge on any atom is 0.306 e. The molecule has 138 valence electrons. The van der Waals surface area contributed by atoms with Gasteiger partial charge in [0, 0.05) is 40.8 Å². The number of carbonyl (C=O) groups excluding carboxylic acids is 2. The molecule has 0 saturated heterocycles. The van der Waals surface area contributed by atoms with Crippen LogP contribution in [-0.2, 0) is 20.9 Å². The lowest BCUT2D eigenvalue weighted by Gasteiger charge is -2.17. The van der Waals surface area contributed by atoms with Gasteiger partial charge in [0.2, 0.25) is 6.54 Å². The van der Waals surface area contributed by atoms with Crippen LogP contribution in [0.1, 0.15) is 25.5 Å². The third kappa shape index (κ3) is 3.79. The van der Waals surface area contributed by atoms with Crippen LogP contribution in [0.3, 0.4) is 0 Å². The Kier molecular flexibility index (Phi) is 5.12. The molecule has 1 saturated carbocycles. The van der Waals surface area contributed by atoms with Crippen LogP contribution in [0.25, 0.3) is 4.96 Å². The van der Waals surface area contributed by atoms with E-state index in [-0.39, 0.29) is 43.3 Å². The first-order valence-corrected chi connectivity index (χ1v) is 8.99. The highest BCUT2D eigenvalue weighted by Gasteiger charge is 2.44. The molecule has 3 atom stereocenters. The van der Waals surface area contributed by atoms with E-state index in [1.54, 1.807) is 18.5 Å². The molecule has 0 radical (unpaired) electrons. The summed E-state index contributed by atoms with van der Waals surface area (Å²) in [6.07, 6.45) is 1.65. The Morgan fingerprint density at radius 2 is 2.27 bits per heavy atom. The van der Waals surface area contributed by atoms with Crippen LogP contribution < -0.4 is 5.56 Å². The summed E-state index contributed by atoms with van der Waals surface area (Å²) in [4.78, 5) is 51.1. The van der Waals surface area contributed by atoms with Gasteiger partial charge in [-0.2, -0.15) is 0 Å². The van der Waals surface area contributed by atoms with Crippen molar-refractivity contribution in [2.75, 3.05) is 6.54 Å². The van der Waals surface area contributed by atoms with Gasteiger partial charge < -0.3 is 4.74 Å². The summed E-state index contributed by atoms with van der Waals surface area (Å²) >= 11 is 1.29. The van der Waals surface area contributed by atoms with Gasteiger partial charge >= 0.3 is 5.97 Å². The van der Waals surface area contributed by atoms with Crippen molar-refractivity contribution < 1.29 is 19.2 Å². The fourth-order valence-electron chi connectivity index (χ4n) is 3.35. The lowest BCUT2D eigenvalue weighted by molar-refractivity contribution is -0.490. The maximum atomic E-state index is 12.1. The minimum Gasteiger partial charge on any atom is -0.459 e. The number of fused-ring (bicyclic) bond motifs is 1. The van der Waals surface area contributed by atoms with Crippen molar-refractivity contribution in [1.82, 2.24) is 9.38 Å². The average molecular weight is 379 g/mol. The number of nitro groups is 1. The molecular weight excluding hydrogens is 362 g/mol. The van der Waals surface area contributed by atoms with Gasteiger partial charge in [-0.1, -0.05) is 6.92 Å². The Hall–Kier alpha value is -2.62. The Balaban J connectivity index is 1.63. The molecule has 2 heterocycles. The molecule has 1 fully saturated rings. The molecule has 0 aliphatic heterocycles. The zero-order valence-corrected chi connectivity index (χ0v) is 14.8. The lowest BCUT2D eigenvalue weighted by Crippen LogP contribution is -2.27. The number of thiazole rings is 1. The zero-order chi connectivity index (χ0) is 18.8. The number of aromatic nitrogens is 2. The number of ether oxygens (including phenoxy) is 1. The van der Waals surface area contributed by atoms with Gasteiger partial charge in [0.15, 0.2) is 4.96 Å². The van der Waals surface area contributed by atoms with Gasteiger partial charge in [0.1, 0.15) is 12.4 Å². The summed E-state index contributed by atoms with van der Waals surface area (Å²) in [6.45, 7) is 1.27. The fraction of sp³-hybridized carbons (Fsp3) is 0.500. The second-order valence-electron chi connectivity index (χ2n) is 6.44. The summed E-state index contributed by atoms with van der Waals surface area (Å²) in [5.41, 5.74) is 0.0481. The van der Waals surface area contributed by atoms with Gasteiger partial charge in [0.25, 0.3) is 5.56 Å². The number of Topliss-reactive ketones (excluding diaryl/α,β-unsaturated/α-hetero) is 1. The van der Waals surface area contributed by atoms with Crippen molar-refractivity contribution in [3.63, 3.8) is 0 Å². The molecule has 0 bridgehead atoms. The van der Waals surface area contributed by atoms with E-state index < -0.39 is 22.7 Å². The second kappa shape index (κ2) is 7.32. The normalized spacial score (nSPS) is 22.7. The molecule has 26 heavy (non-hydrogen) atoms. The van der Waals surface area contributed by atoms with E-state index in [0.29, 0.717) is 10.7 Å². The van der Waals surface area contributed by atoms with E-state index in [4.69, 9.17) is 4.74 Å². The highest BCUT2D eigenvalue weighted by molar-refractivity contribution is 7.15. The minimum absolute atomic E-state index is 0.131. The third-order valence-electron chi connectivity index (χ3n) is 4.67. The first kappa shape index (κ1) is 18.2. The van der Waals surface area contributed by atoms with Gasteiger partial charge in [-0.05, 0) is 5.92 Å². The molecule has 0 spiro atoms. The van der Waals surface area contributed by atoms with Crippen LogP contribution >= 0.6 is 11.3 Å². The molecular formula is C16H17N3O6S. The van der Waals surface area contributed by atoms with Crippen LogP contribution in [0.2, 0.25) is 0 Å². The van der Waals surface area contributed by atoms with Crippen molar-refractivity contribution in [3.05, 3.63) is 43.8 Å². The molecule has 1 aliphatic rings. The van der Waals surface area contributed by atoms with Crippen molar-refractivity contribution >= 4 is 28.1 Å². The van der Waals surface area contributed by atoms with E-state index in [9.17, 15) is 24.5 Å². The monoisotopic (exact) mass is 379 g/mol. The smallest absolute Gasteiger partial charge is 0.306 e. The van der Waals surface area contributed by atoms with Crippen molar-refractivity contribution in [2.24, 2.45) is 17.8 Å². The molecule has 2 aromatic rings. The maximum absolute atomic E-state index is 12.1. The van der Waals surface area contributed by atoms with Crippen LogP contribution in [0, 0.1) is 27.9 Å². The summed E-state index contributed by atoms with van der Waals surface area (Å²) in [5, 5.41) is 12.5. The van der Waals surface area contributed by atoms with E-state index in [1.807, 2.05) is 0 Å². The van der Waals surface area contributed by atoms with Crippen LogP contribution in [0.15, 0.2) is 22.4 Å². The molecule has 0 unspecified atom stereocenters. The summed E-state index contributed by atoms with van der Waals surface area (Å²) in [5.74, 6) is -2.05. The van der Waals surface area contributed by atoms with Gasteiger partial charge in [-0.15, -0.1) is 11.3 Å². The van der Waals surface area contributed by atoms with Crippen molar-refractivity contribution in [3.8, 4) is 0 Å². The van der Waals surface area contributed by atoms with Crippen LogP contribution in [0.4, 0.5) is 0 Å². The number of esters is 1. The molecule has 1 aliphatic carbocycles. The Morgan fingerprint density at radius 3 is 3.00 bits per heavy atom. The van der Waals surface area contributed by atoms with Crippen LogP contribution in [0.5, 0.6) is 0 Å². The molecule has 3 rings (SSSR count). The average Bonchev–Trinajstić information content (AvgIpc) is 3.13. The fourth-order valence-corrected chi connectivity index (χ4v) is 4.09. The van der Waals surface area contributed by atoms with E-state index in [0.717, 1.165) is 0 Å². The number of hydrogen-bond acceptors (Lipinski definition) is 8. The zero-order valence-electron chi connectivity index (χ0n) is 14.0. The predicted octanol–water partition coefficient (Wildman–Crippen LogP) is 1.31. The summed E-state index contributed by atoms with van der Waals surface area (Å²) < 4.78 is 6.53. The van der Waals surface area contributed by atoms with Gasteiger partial charge in [0.05, 0.1) is 12.1 Å². The summed E-state index contributed by atoms with van der Waals surface area (Å²) in [6, 6.07) is 1.28. The number of nitrogens with zero attached hydrogens (tertiary/aromatic N) is 3. The summed E-state index contributed by atoms with van der Waals surface area (Å²) in [7, 11) is 0. The molecule has 10 heteroatoms. The first-order chi connectivity index (χ1) is 12.3. The SMILES string of the molecule is C[C@@H]1CC(=O)[C@@H](CC(=O)OCc2cc(=O)n3ccsc3n2)[C@@H]1C[N+](=O)[O-]. The van der Waals surface area contributed by atoms with Gasteiger partial charge in [-0.25, -0.2) is 4.98 Å². The number of carbonyl (C=O) groups is 2. The molecule has 0 amide bonds. The predicted molar refractivity (Wildman–Crippen MR) is 91.4 cm³/mol. The lowest BCUT2D eigenvalue weighted by atomic mass is 9.88. The Bertz CT molecular complexity index is 920. The number of ketones is 1. The highest BCUT2D eigenvalue weighted by atomic mass is 32.1. The largest absolute Gasteiger partial charge is 0.459 e. The highest BCUT2D eigenvalue weighted by Crippen LogP contribution is 2.36. The van der Waals surface area contributed by atoms with Crippen molar-refractivity contribution in [1.29, 1.82) is 0 Å². The third-order valence-corrected chi connectivity index (χ3v) is 5.42. The number of rotatable bonds is 6. The first-order valence-electron chi connectivity index (χ1n) is 8.11. The second-order valence-corrected chi connectivity index (χ2v) is 7.31. The minimum atomic E-state index is -0.693. The molecule has 2 aromatic heterocycles. The van der Waals surface area contributed by atoms with Crippen LogP contribution in [-0.4, -0.2) is 32.6 Å².